The van der Waals surface area contributed by atoms with Gasteiger partial charge in [0.2, 0.25) is 10.0 Å². The van der Waals surface area contributed by atoms with E-state index in [1.807, 2.05) is 29.6 Å². The predicted molar refractivity (Wildman–Crippen MR) is 80.3 cm³/mol. The van der Waals surface area contributed by atoms with Crippen LogP contribution in [0.15, 0.2) is 29.6 Å². The molecule has 1 aromatic heterocycles. The van der Waals surface area contributed by atoms with Gasteiger partial charge in [0, 0.05) is 16.9 Å². The Labute approximate surface area is 116 Å². The number of benzene rings is 1. The van der Waals surface area contributed by atoms with Gasteiger partial charge >= 0.3 is 0 Å². The van der Waals surface area contributed by atoms with Gasteiger partial charge in [-0.1, -0.05) is 0 Å². The second kappa shape index (κ2) is 5.11. The van der Waals surface area contributed by atoms with E-state index in [2.05, 4.69) is 10.0 Å². The maximum absolute atomic E-state index is 12.3. The lowest BCUT2D eigenvalue weighted by Gasteiger charge is -2.23. The van der Waals surface area contributed by atoms with Crippen molar-refractivity contribution in [1.29, 1.82) is 0 Å². The molecule has 1 aliphatic heterocycles. The summed E-state index contributed by atoms with van der Waals surface area (Å²) in [6, 6.07) is 7.67. The number of anilines is 1. The Bertz CT molecular complexity index is 673. The van der Waals surface area contributed by atoms with Crippen LogP contribution in [0.25, 0.3) is 10.1 Å². The molecule has 1 aromatic carbocycles. The molecule has 1 unspecified atom stereocenters. The summed E-state index contributed by atoms with van der Waals surface area (Å²) in [7, 11) is -3.30. The molecule has 3 rings (SSSR count). The molecule has 1 fully saturated rings. The highest BCUT2D eigenvalue weighted by molar-refractivity contribution is 7.93. The van der Waals surface area contributed by atoms with Gasteiger partial charge in [-0.3, -0.25) is 4.72 Å². The molecule has 2 heterocycles. The molecule has 19 heavy (non-hydrogen) atoms. The maximum Gasteiger partial charge on any atom is 0.236 e. The average Bonchev–Trinajstić information content (AvgIpc) is 2.87. The van der Waals surface area contributed by atoms with Crippen molar-refractivity contribution in [1.82, 2.24) is 5.32 Å². The summed E-state index contributed by atoms with van der Waals surface area (Å²) < 4.78 is 28.4. The van der Waals surface area contributed by atoms with Crippen LogP contribution in [-0.2, 0) is 10.0 Å². The molecule has 0 saturated carbocycles. The molecule has 0 aliphatic carbocycles. The van der Waals surface area contributed by atoms with E-state index >= 15 is 0 Å². The lowest BCUT2D eigenvalue weighted by atomic mass is 10.2. The number of piperidine rings is 1. The number of rotatable bonds is 3. The zero-order valence-electron chi connectivity index (χ0n) is 10.4. The van der Waals surface area contributed by atoms with E-state index in [0.717, 1.165) is 24.8 Å². The predicted octanol–water partition coefficient (Wildman–Crippen LogP) is 2.40. The van der Waals surface area contributed by atoms with E-state index in [0.29, 0.717) is 12.2 Å². The first kappa shape index (κ1) is 12.9. The second-order valence-corrected chi connectivity index (χ2v) is 7.70. The topological polar surface area (TPSA) is 58.2 Å². The molecule has 2 aromatic rings. The third-order valence-electron chi connectivity index (χ3n) is 3.40. The Balaban J connectivity index is 1.82. The van der Waals surface area contributed by atoms with E-state index in [-0.39, 0.29) is 5.25 Å². The van der Waals surface area contributed by atoms with E-state index in [1.54, 1.807) is 11.3 Å². The van der Waals surface area contributed by atoms with E-state index in [1.165, 1.54) is 4.70 Å². The Hall–Kier alpha value is -1.11. The number of hydrogen-bond acceptors (Lipinski definition) is 4. The van der Waals surface area contributed by atoms with Gasteiger partial charge in [-0.2, -0.15) is 0 Å². The quantitative estimate of drug-likeness (QED) is 0.914. The van der Waals surface area contributed by atoms with Crippen molar-refractivity contribution in [2.45, 2.75) is 18.1 Å². The Morgan fingerprint density at radius 3 is 3.00 bits per heavy atom. The van der Waals surface area contributed by atoms with Crippen LogP contribution in [0.3, 0.4) is 0 Å². The highest BCUT2D eigenvalue weighted by atomic mass is 32.2. The van der Waals surface area contributed by atoms with Gasteiger partial charge in [0.25, 0.3) is 0 Å². The summed E-state index contributed by atoms with van der Waals surface area (Å²) in [4.78, 5) is 0. The Morgan fingerprint density at radius 2 is 2.21 bits per heavy atom. The van der Waals surface area contributed by atoms with Crippen LogP contribution in [0.5, 0.6) is 0 Å². The highest BCUT2D eigenvalue weighted by Crippen LogP contribution is 2.25. The summed E-state index contributed by atoms with van der Waals surface area (Å²) in [6.45, 7) is 1.45. The summed E-state index contributed by atoms with van der Waals surface area (Å²) in [5, 5.41) is 5.88. The van der Waals surface area contributed by atoms with E-state index in [9.17, 15) is 8.42 Å². The van der Waals surface area contributed by atoms with Crippen molar-refractivity contribution in [3.05, 3.63) is 29.6 Å². The van der Waals surface area contributed by atoms with Crippen LogP contribution < -0.4 is 10.0 Å². The summed E-state index contributed by atoms with van der Waals surface area (Å²) in [6.07, 6.45) is 1.64. The molecule has 0 spiro atoms. The Morgan fingerprint density at radius 1 is 1.32 bits per heavy atom. The molecule has 2 N–H and O–H groups in total. The van der Waals surface area contributed by atoms with E-state index in [4.69, 9.17) is 0 Å². The third-order valence-corrected chi connectivity index (χ3v) is 6.10. The fourth-order valence-corrected chi connectivity index (χ4v) is 4.57. The summed E-state index contributed by atoms with van der Waals surface area (Å²) in [5.74, 6) is 0. The van der Waals surface area contributed by atoms with Gasteiger partial charge in [-0.05, 0) is 54.4 Å². The van der Waals surface area contributed by atoms with Gasteiger partial charge < -0.3 is 5.32 Å². The zero-order valence-corrected chi connectivity index (χ0v) is 12.1. The number of fused-ring (bicyclic) bond motifs is 1. The fourth-order valence-electron chi connectivity index (χ4n) is 2.36. The van der Waals surface area contributed by atoms with Gasteiger partial charge in [-0.15, -0.1) is 11.3 Å². The van der Waals surface area contributed by atoms with Crippen LogP contribution in [-0.4, -0.2) is 26.8 Å². The average molecular weight is 296 g/mol. The maximum atomic E-state index is 12.3. The third kappa shape index (κ3) is 2.75. The van der Waals surface area contributed by atoms with Crippen LogP contribution in [0.1, 0.15) is 12.8 Å². The first-order valence-electron chi connectivity index (χ1n) is 6.35. The van der Waals surface area contributed by atoms with Crippen LogP contribution in [0.4, 0.5) is 5.69 Å². The van der Waals surface area contributed by atoms with Crippen molar-refractivity contribution in [2.75, 3.05) is 17.8 Å². The van der Waals surface area contributed by atoms with Gasteiger partial charge in [0.1, 0.15) is 0 Å². The molecule has 0 bridgehead atoms. The molecule has 0 amide bonds. The van der Waals surface area contributed by atoms with E-state index < -0.39 is 10.0 Å². The minimum Gasteiger partial charge on any atom is -0.315 e. The van der Waals surface area contributed by atoms with Gasteiger partial charge in [0.15, 0.2) is 0 Å². The van der Waals surface area contributed by atoms with Crippen LogP contribution in [0.2, 0.25) is 0 Å². The number of nitrogens with one attached hydrogen (secondary N) is 2. The first-order chi connectivity index (χ1) is 9.15. The zero-order chi connectivity index (χ0) is 13.3. The molecule has 0 radical (unpaired) electrons. The minimum atomic E-state index is -3.30. The largest absolute Gasteiger partial charge is 0.315 e. The number of thiophene rings is 1. The fraction of sp³-hybridized carbons (Fsp3) is 0.385. The standard InChI is InChI=1S/C13H16N2O2S2/c16-19(17,12-2-1-6-14-9-12)15-11-3-4-13-10(8-11)5-7-18-13/h3-5,7-8,12,14-15H,1-2,6,9H2. The molecule has 1 saturated heterocycles. The monoisotopic (exact) mass is 296 g/mol. The van der Waals surface area contributed by atoms with Gasteiger partial charge in [0.05, 0.1) is 5.25 Å². The normalized spacial score (nSPS) is 20.5. The SMILES string of the molecule is O=S(=O)(Nc1ccc2sccc2c1)C1CCCNC1. The van der Waals surface area contributed by atoms with Crippen molar-refractivity contribution in [3.8, 4) is 0 Å². The van der Waals surface area contributed by atoms with Crippen molar-refractivity contribution < 1.29 is 8.42 Å². The molecule has 4 nitrogen and oxygen atoms in total. The number of sulfonamides is 1. The molecule has 6 heteroatoms. The number of hydrogen-bond donors (Lipinski definition) is 2. The van der Waals surface area contributed by atoms with Crippen molar-refractivity contribution >= 4 is 37.1 Å². The summed E-state index contributed by atoms with van der Waals surface area (Å²) >= 11 is 1.65. The second-order valence-electron chi connectivity index (χ2n) is 4.79. The molecular formula is C13H16N2O2S2. The molecule has 102 valence electrons. The lowest BCUT2D eigenvalue weighted by Crippen LogP contribution is -2.41. The smallest absolute Gasteiger partial charge is 0.236 e. The minimum absolute atomic E-state index is 0.334. The lowest BCUT2D eigenvalue weighted by molar-refractivity contribution is 0.499. The van der Waals surface area contributed by atoms with Crippen molar-refractivity contribution in [3.63, 3.8) is 0 Å². The first-order valence-corrected chi connectivity index (χ1v) is 8.77. The molecule has 1 aliphatic rings. The highest BCUT2D eigenvalue weighted by Gasteiger charge is 2.27. The Kier molecular flexibility index (Phi) is 3.47. The van der Waals surface area contributed by atoms with Crippen molar-refractivity contribution in [2.24, 2.45) is 0 Å². The van der Waals surface area contributed by atoms with Crippen LogP contribution >= 0.6 is 11.3 Å². The van der Waals surface area contributed by atoms with Crippen LogP contribution in [0, 0.1) is 0 Å². The molecular weight excluding hydrogens is 280 g/mol. The molecule has 1 atom stereocenters. The van der Waals surface area contributed by atoms with Gasteiger partial charge in [-0.25, -0.2) is 8.42 Å². The summed E-state index contributed by atoms with van der Waals surface area (Å²) in [5.41, 5.74) is 0.650.